The van der Waals surface area contributed by atoms with Crippen LogP contribution in [0.15, 0.2) is 72.8 Å². The number of anilines is 1. The Kier molecular flexibility index (Phi) is 10.6. The van der Waals surface area contributed by atoms with Crippen molar-refractivity contribution in [2.75, 3.05) is 17.1 Å². The van der Waals surface area contributed by atoms with Gasteiger partial charge in [-0.2, -0.15) is 0 Å². The van der Waals surface area contributed by atoms with Crippen LogP contribution in [0, 0.1) is 0 Å². The van der Waals surface area contributed by atoms with Gasteiger partial charge in [0.2, 0.25) is 21.8 Å². The third-order valence-corrected chi connectivity index (χ3v) is 9.24. The highest BCUT2D eigenvalue weighted by atomic mass is 35.5. The van der Waals surface area contributed by atoms with Crippen LogP contribution in [0.5, 0.6) is 0 Å². The topological polar surface area (TPSA) is 86.8 Å². The van der Waals surface area contributed by atoms with Crippen LogP contribution < -0.4 is 9.62 Å². The van der Waals surface area contributed by atoms with Crippen molar-refractivity contribution in [1.82, 2.24) is 10.2 Å². The molecule has 0 heterocycles. The maximum absolute atomic E-state index is 14.1. The van der Waals surface area contributed by atoms with Gasteiger partial charge in [-0.05, 0) is 54.3 Å². The Bertz CT molecular complexity index is 1460. The molecule has 1 fully saturated rings. The molecule has 218 valence electrons. The molecule has 2 amide bonds. The van der Waals surface area contributed by atoms with E-state index in [-0.39, 0.29) is 40.6 Å². The predicted molar refractivity (Wildman–Crippen MR) is 165 cm³/mol. The number of rotatable bonds is 11. The monoisotopic (exact) mass is 635 g/mol. The number of hydrogen-bond acceptors (Lipinski definition) is 4. The van der Waals surface area contributed by atoms with Crippen LogP contribution in [0.1, 0.15) is 36.8 Å². The molecular formula is C30H32Cl3N3O4S. The fraction of sp³-hybridized carbons (Fsp3) is 0.333. The first-order valence-electron chi connectivity index (χ1n) is 13.3. The van der Waals surface area contributed by atoms with E-state index >= 15 is 0 Å². The number of benzene rings is 3. The number of nitrogens with one attached hydrogen (secondary N) is 1. The van der Waals surface area contributed by atoms with Crippen LogP contribution in [0.2, 0.25) is 15.1 Å². The van der Waals surface area contributed by atoms with Gasteiger partial charge in [-0.25, -0.2) is 8.42 Å². The van der Waals surface area contributed by atoms with Gasteiger partial charge in [0, 0.05) is 24.0 Å². The Morgan fingerprint density at radius 2 is 1.56 bits per heavy atom. The molecule has 11 heteroatoms. The number of sulfonamides is 1. The van der Waals surface area contributed by atoms with Gasteiger partial charge in [0.05, 0.1) is 22.0 Å². The van der Waals surface area contributed by atoms with Crippen LogP contribution in [-0.4, -0.2) is 50.0 Å². The number of amides is 2. The molecule has 0 aromatic heterocycles. The SMILES string of the molecule is CS(=O)(=O)N(CC(=O)N(Cc1ccc(Cl)cc1)C(Cc1ccccc1)C(=O)NC1CCCC1)c1ccc(Cl)c(Cl)c1. The largest absolute Gasteiger partial charge is 0.352 e. The molecular weight excluding hydrogens is 605 g/mol. The van der Waals surface area contributed by atoms with Crippen molar-refractivity contribution in [2.45, 2.75) is 50.7 Å². The summed E-state index contributed by atoms with van der Waals surface area (Å²) in [4.78, 5) is 29.4. The molecule has 1 unspecified atom stereocenters. The lowest BCUT2D eigenvalue weighted by Crippen LogP contribution is -2.54. The second-order valence-electron chi connectivity index (χ2n) is 10.2. The van der Waals surface area contributed by atoms with E-state index in [1.807, 2.05) is 30.3 Å². The van der Waals surface area contributed by atoms with E-state index in [0.29, 0.717) is 5.02 Å². The van der Waals surface area contributed by atoms with E-state index in [0.717, 1.165) is 47.4 Å². The molecule has 7 nitrogen and oxygen atoms in total. The molecule has 3 aromatic rings. The minimum absolute atomic E-state index is 0.0389. The first-order chi connectivity index (χ1) is 19.5. The fourth-order valence-corrected chi connectivity index (χ4v) is 6.22. The van der Waals surface area contributed by atoms with E-state index in [9.17, 15) is 18.0 Å². The summed E-state index contributed by atoms with van der Waals surface area (Å²) in [5, 5.41) is 4.09. The zero-order chi connectivity index (χ0) is 29.6. The lowest BCUT2D eigenvalue weighted by molar-refractivity contribution is -0.140. The third-order valence-electron chi connectivity index (χ3n) is 7.11. The number of hydrogen-bond donors (Lipinski definition) is 1. The molecule has 1 atom stereocenters. The smallest absolute Gasteiger partial charge is 0.244 e. The average molecular weight is 637 g/mol. The molecule has 0 radical (unpaired) electrons. The molecule has 0 aliphatic heterocycles. The Balaban J connectivity index is 1.72. The molecule has 1 saturated carbocycles. The molecule has 1 aliphatic rings. The summed E-state index contributed by atoms with van der Waals surface area (Å²) < 4.78 is 26.8. The minimum Gasteiger partial charge on any atom is -0.352 e. The lowest BCUT2D eigenvalue weighted by Gasteiger charge is -2.34. The van der Waals surface area contributed by atoms with E-state index in [2.05, 4.69) is 5.32 Å². The van der Waals surface area contributed by atoms with Gasteiger partial charge in [-0.15, -0.1) is 0 Å². The molecule has 0 spiro atoms. The molecule has 3 aromatic carbocycles. The van der Waals surface area contributed by atoms with E-state index in [4.69, 9.17) is 34.8 Å². The standard InChI is InChI=1S/C30H32Cl3N3O4S/c1-41(39,40)36(25-15-16-26(32)27(33)18-25)20-29(37)35(19-22-11-13-23(31)14-12-22)28(17-21-7-3-2-4-8-21)30(38)34-24-9-5-6-10-24/h2-4,7-8,11-16,18,24,28H,5-6,9-10,17,19-20H2,1H3,(H,34,38). The van der Waals surface area contributed by atoms with Gasteiger partial charge in [0.25, 0.3) is 0 Å². The number of halogens is 3. The van der Waals surface area contributed by atoms with Crippen LogP contribution in [0.4, 0.5) is 5.69 Å². The van der Waals surface area contributed by atoms with Gasteiger partial charge in [0.1, 0.15) is 12.6 Å². The lowest BCUT2D eigenvalue weighted by atomic mass is 10.0. The Morgan fingerprint density at radius 3 is 2.17 bits per heavy atom. The quantitative estimate of drug-likeness (QED) is 0.275. The fourth-order valence-electron chi connectivity index (χ4n) is 4.96. The first-order valence-corrected chi connectivity index (χ1v) is 16.3. The third kappa shape index (κ3) is 8.61. The normalized spacial score (nSPS) is 14.4. The summed E-state index contributed by atoms with van der Waals surface area (Å²) in [5.74, 6) is -0.817. The maximum atomic E-state index is 14.1. The van der Waals surface area contributed by atoms with Crippen LogP contribution in [0.25, 0.3) is 0 Å². The van der Waals surface area contributed by atoms with Crippen LogP contribution in [0.3, 0.4) is 0 Å². The second-order valence-corrected chi connectivity index (χ2v) is 13.4. The molecule has 0 bridgehead atoms. The molecule has 4 rings (SSSR count). The first kappa shape index (κ1) is 31.2. The van der Waals surface area contributed by atoms with E-state index in [1.54, 1.807) is 24.3 Å². The predicted octanol–water partition coefficient (Wildman–Crippen LogP) is 6.11. The summed E-state index contributed by atoms with van der Waals surface area (Å²) in [6.07, 6.45) is 5.11. The van der Waals surface area contributed by atoms with Crippen molar-refractivity contribution >= 4 is 62.3 Å². The van der Waals surface area contributed by atoms with Crippen molar-refractivity contribution in [3.05, 3.63) is 99.0 Å². The zero-order valence-electron chi connectivity index (χ0n) is 22.6. The number of carbonyl (C=O) groups excluding carboxylic acids is 2. The van der Waals surface area contributed by atoms with Gasteiger partial charge in [0.15, 0.2) is 0 Å². The van der Waals surface area contributed by atoms with Gasteiger partial charge in [-0.1, -0.05) is 90.1 Å². The van der Waals surface area contributed by atoms with Crippen molar-refractivity contribution in [3.63, 3.8) is 0 Å². The van der Waals surface area contributed by atoms with Crippen LogP contribution in [-0.2, 0) is 32.6 Å². The highest BCUT2D eigenvalue weighted by molar-refractivity contribution is 7.92. The maximum Gasteiger partial charge on any atom is 0.244 e. The summed E-state index contributed by atoms with van der Waals surface area (Å²) in [5.41, 5.74) is 1.81. The summed E-state index contributed by atoms with van der Waals surface area (Å²) in [6, 6.07) is 19.9. The molecule has 1 aliphatic carbocycles. The molecule has 41 heavy (non-hydrogen) atoms. The summed E-state index contributed by atoms with van der Waals surface area (Å²) >= 11 is 18.3. The Labute approximate surface area is 256 Å². The van der Waals surface area contributed by atoms with Crippen molar-refractivity contribution in [1.29, 1.82) is 0 Å². The highest BCUT2D eigenvalue weighted by Crippen LogP contribution is 2.29. The van der Waals surface area contributed by atoms with Crippen molar-refractivity contribution in [2.24, 2.45) is 0 Å². The Morgan fingerprint density at radius 1 is 0.902 bits per heavy atom. The minimum atomic E-state index is -3.91. The Hall–Kier alpha value is -2.78. The number of nitrogens with zero attached hydrogens (tertiary/aromatic N) is 2. The average Bonchev–Trinajstić information content (AvgIpc) is 3.45. The zero-order valence-corrected chi connectivity index (χ0v) is 25.7. The molecule has 1 N–H and O–H groups in total. The second kappa shape index (κ2) is 13.9. The van der Waals surface area contributed by atoms with Crippen LogP contribution >= 0.6 is 34.8 Å². The van der Waals surface area contributed by atoms with Crippen molar-refractivity contribution in [3.8, 4) is 0 Å². The molecule has 0 saturated heterocycles. The van der Waals surface area contributed by atoms with Gasteiger partial charge >= 0.3 is 0 Å². The number of carbonyl (C=O) groups is 2. The summed E-state index contributed by atoms with van der Waals surface area (Å²) in [6.45, 7) is -0.461. The van der Waals surface area contributed by atoms with E-state index in [1.165, 1.54) is 23.1 Å². The summed E-state index contributed by atoms with van der Waals surface area (Å²) in [7, 11) is -3.91. The van der Waals surface area contributed by atoms with Gasteiger partial charge in [-0.3, -0.25) is 13.9 Å². The van der Waals surface area contributed by atoms with E-state index < -0.39 is 28.5 Å². The highest BCUT2D eigenvalue weighted by Gasteiger charge is 2.34. The van der Waals surface area contributed by atoms with Crippen molar-refractivity contribution < 1.29 is 18.0 Å². The van der Waals surface area contributed by atoms with Gasteiger partial charge < -0.3 is 10.2 Å².